The van der Waals surface area contributed by atoms with Crippen LogP contribution in [0.5, 0.6) is 0 Å². The van der Waals surface area contributed by atoms with E-state index < -0.39 is 36.1 Å². The minimum Gasteiger partial charge on any atom is -0.383 e. The Morgan fingerprint density at radius 1 is 1.24 bits per heavy atom. The SMILES string of the molecule is Nc1nc2c(c(=O)[nH]1)N(C=O)[C@@H](CNc1ccc(C(=O)N[C@@H](CCC(O)O)C(O)O)cc1)CN2. The van der Waals surface area contributed by atoms with Crippen LogP contribution in [0.15, 0.2) is 29.1 Å². The molecule has 2 heterocycles. The zero-order valence-electron chi connectivity index (χ0n) is 18.0. The summed E-state index contributed by atoms with van der Waals surface area (Å²) in [6.07, 6.45) is -3.12. The summed E-state index contributed by atoms with van der Waals surface area (Å²) in [4.78, 5) is 43.9. The van der Waals surface area contributed by atoms with Crippen molar-refractivity contribution in [3.63, 3.8) is 0 Å². The van der Waals surface area contributed by atoms with E-state index in [-0.39, 0.29) is 42.4 Å². The lowest BCUT2D eigenvalue weighted by Gasteiger charge is -2.34. The summed E-state index contributed by atoms with van der Waals surface area (Å²) in [6.45, 7) is 0.603. The van der Waals surface area contributed by atoms with Gasteiger partial charge in [0.1, 0.15) is 0 Å². The second-order valence-corrected chi connectivity index (χ2v) is 7.71. The molecule has 184 valence electrons. The number of nitrogens with one attached hydrogen (secondary N) is 4. The lowest BCUT2D eigenvalue weighted by Crippen LogP contribution is -2.50. The summed E-state index contributed by atoms with van der Waals surface area (Å²) in [5.74, 6) is -0.406. The van der Waals surface area contributed by atoms with Crippen LogP contribution < -0.4 is 32.1 Å². The maximum Gasteiger partial charge on any atom is 0.278 e. The van der Waals surface area contributed by atoms with Gasteiger partial charge in [0, 0.05) is 30.8 Å². The first-order chi connectivity index (χ1) is 16.2. The van der Waals surface area contributed by atoms with Crippen LogP contribution in [0.2, 0.25) is 0 Å². The molecule has 0 radical (unpaired) electrons. The highest BCUT2D eigenvalue weighted by atomic mass is 16.5. The topological polar surface area (TPSA) is 226 Å². The number of aliphatic hydroxyl groups excluding tert-OH is 2. The molecule has 1 aliphatic rings. The third kappa shape index (κ3) is 5.99. The summed E-state index contributed by atoms with van der Waals surface area (Å²) in [7, 11) is 0. The van der Waals surface area contributed by atoms with Crippen molar-refractivity contribution < 1.29 is 30.0 Å². The largest absolute Gasteiger partial charge is 0.383 e. The lowest BCUT2D eigenvalue weighted by molar-refractivity contribution is -0.107. The van der Waals surface area contributed by atoms with Crippen molar-refractivity contribution in [2.75, 3.05) is 34.4 Å². The second kappa shape index (κ2) is 10.9. The predicted molar refractivity (Wildman–Crippen MR) is 122 cm³/mol. The van der Waals surface area contributed by atoms with Gasteiger partial charge in [-0.25, -0.2) is 0 Å². The first-order valence-electron chi connectivity index (χ1n) is 10.4. The number of anilines is 4. The van der Waals surface area contributed by atoms with E-state index in [4.69, 9.17) is 15.9 Å². The van der Waals surface area contributed by atoms with Crippen LogP contribution in [0.3, 0.4) is 0 Å². The lowest BCUT2D eigenvalue weighted by atomic mass is 10.1. The zero-order valence-corrected chi connectivity index (χ0v) is 18.0. The highest BCUT2D eigenvalue weighted by molar-refractivity contribution is 5.94. The molecule has 0 saturated heterocycles. The van der Waals surface area contributed by atoms with Crippen LogP contribution in [-0.2, 0) is 4.79 Å². The molecule has 14 heteroatoms. The van der Waals surface area contributed by atoms with Crippen molar-refractivity contribution in [2.24, 2.45) is 0 Å². The Hall–Kier alpha value is -3.72. The van der Waals surface area contributed by atoms with Crippen molar-refractivity contribution in [3.05, 3.63) is 40.2 Å². The van der Waals surface area contributed by atoms with E-state index >= 15 is 0 Å². The van der Waals surface area contributed by atoms with Gasteiger partial charge in [-0.3, -0.25) is 19.4 Å². The summed E-state index contributed by atoms with van der Waals surface area (Å²) in [6, 6.07) is 4.80. The van der Waals surface area contributed by atoms with Crippen molar-refractivity contribution >= 4 is 35.5 Å². The molecule has 0 spiro atoms. The van der Waals surface area contributed by atoms with Crippen LogP contribution in [0.1, 0.15) is 23.2 Å². The number of hydrogen-bond donors (Lipinski definition) is 9. The van der Waals surface area contributed by atoms with Crippen LogP contribution >= 0.6 is 0 Å². The molecule has 0 saturated carbocycles. The van der Waals surface area contributed by atoms with Crippen molar-refractivity contribution in [2.45, 2.75) is 37.5 Å². The fraction of sp³-hybridized carbons (Fsp3) is 0.400. The molecule has 3 rings (SSSR count). The highest BCUT2D eigenvalue weighted by Gasteiger charge is 2.29. The Kier molecular flexibility index (Phi) is 8.01. The molecule has 1 aromatic carbocycles. The molecule has 10 N–H and O–H groups in total. The summed E-state index contributed by atoms with van der Waals surface area (Å²) in [5.41, 5.74) is 5.96. The smallest absolute Gasteiger partial charge is 0.278 e. The van der Waals surface area contributed by atoms with Gasteiger partial charge >= 0.3 is 0 Å². The molecular weight excluding hydrogens is 450 g/mol. The Morgan fingerprint density at radius 3 is 2.56 bits per heavy atom. The summed E-state index contributed by atoms with van der Waals surface area (Å²) in [5, 5.41) is 45.2. The molecule has 0 unspecified atom stereocenters. The first-order valence-corrected chi connectivity index (χ1v) is 10.4. The number of nitrogens with zero attached hydrogens (tertiary/aromatic N) is 2. The fourth-order valence-corrected chi connectivity index (χ4v) is 3.50. The van der Waals surface area contributed by atoms with Gasteiger partial charge in [0.05, 0.1) is 12.1 Å². The van der Waals surface area contributed by atoms with Gasteiger partial charge in [-0.05, 0) is 30.7 Å². The fourth-order valence-electron chi connectivity index (χ4n) is 3.50. The number of carbonyl (C=O) groups is 2. The van der Waals surface area contributed by atoms with Crippen LogP contribution in [0, 0.1) is 0 Å². The van der Waals surface area contributed by atoms with E-state index in [0.29, 0.717) is 18.6 Å². The monoisotopic (exact) mass is 477 g/mol. The number of H-pyrrole nitrogens is 1. The number of carbonyl (C=O) groups excluding carboxylic acids is 2. The number of aromatic nitrogens is 2. The van der Waals surface area contributed by atoms with Gasteiger partial charge in [-0.15, -0.1) is 0 Å². The Labute approximate surface area is 193 Å². The van der Waals surface area contributed by atoms with Crippen molar-refractivity contribution in [1.29, 1.82) is 0 Å². The quantitative estimate of drug-likeness (QED) is 0.131. The van der Waals surface area contributed by atoms with E-state index in [1.165, 1.54) is 17.0 Å². The number of aromatic amines is 1. The number of benzene rings is 1. The van der Waals surface area contributed by atoms with Gasteiger partial charge in [0.15, 0.2) is 24.1 Å². The van der Waals surface area contributed by atoms with Crippen LogP contribution in [0.4, 0.5) is 23.1 Å². The number of nitrogen functional groups attached to an aromatic ring is 1. The van der Waals surface area contributed by atoms with E-state index in [9.17, 15) is 24.6 Å². The molecule has 2 amide bonds. The minimum absolute atomic E-state index is 0.0442. The molecule has 0 fully saturated rings. The van der Waals surface area contributed by atoms with Crippen LogP contribution in [0.25, 0.3) is 0 Å². The Morgan fingerprint density at radius 2 is 1.94 bits per heavy atom. The van der Waals surface area contributed by atoms with Crippen LogP contribution in [-0.4, -0.2) is 80.5 Å². The number of hydrogen-bond acceptors (Lipinski definition) is 11. The molecular formula is C20H27N7O7. The van der Waals surface area contributed by atoms with Gasteiger partial charge in [-0.2, -0.15) is 4.98 Å². The van der Waals surface area contributed by atoms with E-state index in [1.807, 2.05) is 0 Å². The summed E-state index contributed by atoms with van der Waals surface area (Å²) < 4.78 is 0. The molecule has 2 atom stereocenters. The number of fused-ring (bicyclic) bond motifs is 1. The standard InChI is InChI=1S/C20H27N7O7/c21-20-25-16-15(18(32)26-20)27(9-28)12(8-23-16)7-22-11-3-1-10(2-4-11)17(31)24-13(19(33)34)5-6-14(29)30/h1-4,9,12-14,19,22,29-30,33-34H,5-8H2,(H,24,31)(H4,21,23,25,26,32)/t12-,13-/m0/s1. The third-order valence-corrected chi connectivity index (χ3v) is 5.28. The zero-order chi connectivity index (χ0) is 24.8. The number of rotatable bonds is 10. The molecule has 34 heavy (non-hydrogen) atoms. The maximum absolute atomic E-state index is 12.4. The number of nitrogens with two attached hydrogens (primary N) is 1. The molecule has 14 nitrogen and oxygen atoms in total. The predicted octanol–water partition coefficient (Wildman–Crippen LogP) is -2.28. The van der Waals surface area contributed by atoms with Gasteiger partial charge in [-0.1, -0.05) is 0 Å². The van der Waals surface area contributed by atoms with Gasteiger partial charge in [0.25, 0.3) is 11.5 Å². The van der Waals surface area contributed by atoms with Gasteiger partial charge < -0.3 is 47.0 Å². The highest BCUT2D eigenvalue weighted by Crippen LogP contribution is 2.25. The third-order valence-electron chi connectivity index (χ3n) is 5.28. The molecule has 2 aromatic rings. The maximum atomic E-state index is 12.4. The Balaban J connectivity index is 1.61. The summed E-state index contributed by atoms with van der Waals surface area (Å²) >= 11 is 0. The van der Waals surface area contributed by atoms with E-state index in [1.54, 1.807) is 12.1 Å². The minimum atomic E-state index is -1.86. The van der Waals surface area contributed by atoms with Crippen molar-refractivity contribution in [1.82, 2.24) is 15.3 Å². The molecule has 1 aromatic heterocycles. The van der Waals surface area contributed by atoms with Gasteiger partial charge in [0.2, 0.25) is 12.4 Å². The van der Waals surface area contributed by atoms with E-state index in [0.717, 1.165) is 0 Å². The molecule has 0 bridgehead atoms. The number of amides is 2. The first kappa shape index (κ1) is 24.9. The normalized spacial score (nSPS) is 16.1. The average Bonchev–Trinajstić information content (AvgIpc) is 2.79. The average molecular weight is 477 g/mol. The Bertz CT molecular complexity index is 1060. The van der Waals surface area contributed by atoms with E-state index in [2.05, 4.69) is 25.9 Å². The van der Waals surface area contributed by atoms with Crippen molar-refractivity contribution in [3.8, 4) is 0 Å². The second-order valence-electron chi connectivity index (χ2n) is 7.71. The molecule has 1 aliphatic heterocycles. The number of aliphatic hydroxyl groups is 4. The molecule has 0 aliphatic carbocycles.